The lowest BCUT2D eigenvalue weighted by molar-refractivity contribution is 0.0947. The van der Waals surface area contributed by atoms with Crippen molar-refractivity contribution in [2.45, 2.75) is 13.2 Å². The predicted molar refractivity (Wildman–Crippen MR) is 83.9 cm³/mol. The third-order valence-corrected chi connectivity index (χ3v) is 3.19. The maximum atomic E-state index is 12.0. The molecule has 0 spiro atoms. The first kappa shape index (κ1) is 14.8. The number of hydrogen-bond donors (Lipinski definition) is 2. The van der Waals surface area contributed by atoms with E-state index in [0.717, 1.165) is 11.4 Å². The molecular formula is C16H17N5O2. The fraction of sp³-hybridized carbons (Fsp3) is 0.188. The van der Waals surface area contributed by atoms with E-state index in [4.69, 9.17) is 4.74 Å². The van der Waals surface area contributed by atoms with E-state index in [1.807, 2.05) is 42.6 Å². The van der Waals surface area contributed by atoms with Crippen molar-refractivity contribution in [2.75, 3.05) is 6.54 Å². The van der Waals surface area contributed by atoms with Gasteiger partial charge in [0.1, 0.15) is 18.1 Å². The van der Waals surface area contributed by atoms with Gasteiger partial charge in [0.25, 0.3) is 5.91 Å². The Labute approximate surface area is 133 Å². The van der Waals surface area contributed by atoms with Crippen LogP contribution in [-0.2, 0) is 13.2 Å². The molecule has 0 saturated carbocycles. The topological polar surface area (TPSA) is 84.8 Å². The number of aromatic nitrogens is 4. The Morgan fingerprint density at radius 3 is 2.91 bits per heavy atom. The second-order valence-corrected chi connectivity index (χ2v) is 4.91. The van der Waals surface area contributed by atoms with E-state index in [1.165, 1.54) is 0 Å². The number of rotatable bonds is 7. The van der Waals surface area contributed by atoms with E-state index in [2.05, 4.69) is 20.6 Å². The highest BCUT2D eigenvalue weighted by Crippen LogP contribution is 2.11. The van der Waals surface area contributed by atoms with Crippen LogP contribution in [0.3, 0.4) is 0 Å². The molecule has 1 amide bonds. The van der Waals surface area contributed by atoms with Crippen LogP contribution in [0, 0.1) is 0 Å². The number of H-pyrrole nitrogens is 1. The van der Waals surface area contributed by atoms with Gasteiger partial charge in [-0.25, -0.2) is 0 Å². The van der Waals surface area contributed by atoms with E-state index >= 15 is 0 Å². The average molecular weight is 311 g/mol. The third kappa shape index (κ3) is 4.19. The smallest absolute Gasteiger partial charge is 0.271 e. The molecule has 23 heavy (non-hydrogen) atoms. The first-order valence-corrected chi connectivity index (χ1v) is 7.29. The Balaban J connectivity index is 1.47. The number of carbonyl (C=O) groups is 1. The Morgan fingerprint density at radius 2 is 2.13 bits per heavy atom. The molecule has 0 fully saturated rings. The summed E-state index contributed by atoms with van der Waals surface area (Å²) < 4.78 is 7.35. The summed E-state index contributed by atoms with van der Waals surface area (Å²) in [4.78, 5) is 12.0. The standard InChI is InChI=1S/C16H17N5O2/c22-16(17-8-10-21-9-4-7-18-21)15-11-13(19-20-15)12-23-14-5-2-1-3-6-14/h1-7,9,11H,8,10,12H2,(H,17,22)(H,19,20). The summed E-state index contributed by atoms with van der Waals surface area (Å²) in [5, 5.41) is 13.7. The van der Waals surface area contributed by atoms with Crippen LogP contribution >= 0.6 is 0 Å². The van der Waals surface area contributed by atoms with Gasteiger partial charge in [-0.05, 0) is 24.3 Å². The number of nitrogens with one attached hydrogen (secondary N) is 2. The predicted octanol–water partition coefficient (Wildman–Crippen LogP) is 1.62. The molecule has 0 saturated heterocycles. The van der Waals surface area contributed by atoms with E-state index in [1.54, 1.807) is 16.9 Å². The van der Waals surface area contributed by atoms with Crippen LogP contribution in [0.2, 0.25) is 0 Å². The maximum absolute atomic E-state index is 12.0. The quantitative estimate of drug-likeness (QED) is 0.694. The number of amides is 1. The first-order chi connectivity index (χ1) is 11.3. The minimum absolute atomic E-state index is 0.223. The zero-order valence-corrected chi connectivity index (χ0v) is 12.5. The number of para-hydroxylation sites is 1. The summed E-state index contributed by atoms with van der Waals surface area (Å²) >= 11 is 0. The van der Waals surface area contributed by atoms with Crippen LogP contribution in [0.4, 0.5) is 0 Å². The molecule has 0 atom stereocenters. The minimum Gasteiger partial charge on any atom is -0.487 e. The molecule has 3 rings (SSSR count). The highest BCUT2D eigenvalue weighted by molar-refractivity contribution is 5.92. The van der Waals surface area contributed by atoms with Crippen molar-refractivity contribution in [1.82, 2.24) is 25.3 Å². The van der Waals surface area contributed by atoms with Crippen molar-refractivity contribution >= 4 is 5.91 Å². The minimum atomic E-state index is -0.223. The molecule has 2 aromatic heterocycles. The van der Waals surface area contributed by atoms with Crippen LogP contribution in [0.5, 0.6) is 5.75 Å². The summed E-state index contributed by atoms with van der Waals surface area (Å²) in [5.74, 6) is 0.548. The monoisotopic (exact) mass is 311 g/mol. The Bertz CT molecular complexity index is 737. The molecule has 0 aliphatic rings. The first-order valence-electron chi connectivity index (χ1n) is 7.29. The molecule has 0 aliphatic carbocycles. The van der Waals surface area contributed by atoms with Crippen molar-refractivity contribution in [3.05, 3.63) is 66.2 Å². The molecule has 2 N–H and O–H groups in total. The number of ether oxygens (including phenoxy) is 1. The van der Waals surface area contributed by atoms with Gasteiger partial charge in [0.15, 0.2) is 0 Å². The fourth-order valence-corrected chi connectivity index (χ4v) is 2.04. The summed E-state index contributed by atoms with van der Waals surface area (Å²) in [5.41, 5.74) is 1.09. The van der Waals surface area contributed by atoms with Gasteiger partial charge < -0.3 is 10.1 Å². The summed E-state index contributed by atoms with van der Waals surface area (Å²) in [6, 6.07) is 13.0. The highest BCUT2D eigenvalue weighted by atomic mass is 16.5. The molecule has 0 aliphatic heterocycles. The molecule has 0 radical (unpaired) electrons. The van der Waals surface area contributed by atoms with Gasteiger partial charge in [-0.1, -0.05) is 18.2 Å². The number of aromatic amines is 1. The van der Waals surface area contributed by atoms with Gasteiger partial charge in [0.05, 0.1) is 12.2 Å². The van der Waals surface area contributed by atoms with Gasteiger partial charge in [-0.2, -0.15) is 10.2 Å². The average Bonchev–Trinajstić information content (AvgIpc) is 3.25. The lowest BCUT2D eigenvalue weighted by Crippen LogP contribution is -2.27. The van der Waals surface area contributed by atoms with Crippen molar-refractivity contribution < 1.29 is 9.53 Å². The zero-order valence-electron chi connectivity index (χ0n) is 12.5. The Kier molecular flexibility index (Phi) is 4.68. The Hall–Kier alpha value is -3.09. The van der Waals surface area contributed by atoms with Crippen LogP contribution in [0.1, 0.15) is 16.2 Å². The van der Waals surface area contributed by atoms with Gasteiger partial charge in [-0.3, -0.25) is 14.6 Å². The zero-order chi connectivity index (χ0) is 15.9. The number of carbonyl (C=O) groups excluding carboxylic acids is 1. The molecular weight excluding hydrogens is 294 g/mol. The van der Waals surface area contributed by atoms with Crippen LogP contribution in [0.15, 0.2) is 54.9 Å². The maximum Gasteiger partial charge on any atom is 0.271 e. The van der Waals surface area contributed by atoms with E-state index < -0.39 is 0 Å². The lowest BCUT2D eigenvalue weighted by atomic mass is 10.3. The van der Waals surface area contributed by atoms with Gasteiger partial charge >= 0.3 is 0 Å². The normalized spacial score (nSPS) is 10.4. The van der Waals surface area contributed by atoms with Crippen LogP contribution in [0.25, 0.3) is 0 Å². The highest BCUT2D eigenvalue weighted by Gasteiger charge is 2.10. The Morgan fingerprint density at radius 1 is 1.26 bits per heavy atom. The molecule has 3 aromatic rings. The van der Waals surface area contributed by atoms with Crippen molar-refractivity contribution in [3.8, 4) is 5.75 Å². The molecule has 0 unspecified atom stereocenters. The van der Waals surface area contributed by atoms with Crippen molar-refractivity contribution in [2.24, 2.45) is 0 Å². The summed E-state index contributed by atoms with van der Waals surface area (Å²) in [6.45, 7) is 1.44. The molecule has 1 aromatic carbocycles. The number of hydrogen-bond acceptors (Lipinski definition) is 4. The summed E-state index contributed by atoms with van der Waals surface area (Å²) in [6.07, 6.45) is 3.55. The van der Waals surface area contributed by atoms with Gasteiger partial charge in [0.2, 0.25) is 0 Å². The summed E-state index contributed by atoms with van der Waals surface area (Å²) in [7, 11) is 0. The molecule has 7 nitrogen and oxygen atoms in total. The molecule has 7 heteroatoms. The number of nitrogens with zero attached hydrogens (tertiary/aromatic N) is 3. The van der Waals surface area contributed by atoms with Crippen LogP contribution < -0.4 is 10.1 Å². The van der Waals surface area contributed by atoms with E-state index in [9.17, 15) is 4.79 Å². The van der Waals surface area contributed by atoms with E-state index in [-0.39, 0.29) is 5.91 Å². The van der Waals surface area contributed by atoms with Crippen molar-refractivity contribution in [3.63, 3.8) is 0 Å². The van der Waals surface area contributed by atoms with Gasteiger partial charge in [-0.15, -0.1) is 0 Å². The molecule has 118 valence electrons. The molecule has 2 heterocycles. The second kappa shape index (κ2) is 7.26. The lowest BCUT2D eigenvalue weighted by Gasteiger charge is -2.03. The second-order valence-electron chi connectivity index (χ2n) is 4.91. The number of benzene rings is 1. The van der Waals surface area contributed by atoms with Crippen LogP contribution in [-0.4, -0.2) is 32.4 Å². The third-order valence-electron chi connectivity index (χ3n) is 3.19. The fourth-order valence-electron chi connectivity index (χ4n) is 2.04. The SMILES string of the molecule is O=C(NCCn1cccn1)c1cc(COc2ccccc2)[nH]n1. The van der Waals surface area contributed by atoms with Crippen molar-refractivity contribution in [1.29, 1.82) is 0 Å². The largest absolute Gasteiger partial charge is 0.487 e. The molecule has 0 bridgehead atoms. The van der Waals surface area contributed by atoms with Gasteiger partial charge in [0, 0.05) is 18.9 Å². The van der Waals surface area contributed by atoms with E-state index in [0.29, 0.717) is 25.4 Å².